The molecule has 116 valence electrons. The van der Waals surface area contributed by atoms with Gasteiger partial charge in [-0.25, -0.2) is 0 Å². The Morgan fingerprint density at radius 3 is 2.61 bits per heavy atom. The van der Waals surface area contributed by atoms with E-state index in [1.807, 2.05) is 6.07 Å². The number of hydrogen-bond donors (Lipinski definition) is 0. The van der Waals surface area contributed by atoms with E-state index in [1.54, 1.807) is 42.6 Å². The van der Waals surface area contributed by atoms with Crippen LogP contribution in [0.1, 0.15) is 17.3 Å². The predicted octanol–water partition coefficient (Wildman–Crippen LogP) is 4.89. The van der Waals surface area contributed by atoms with Crippen molar-refractivity contribution in [2.45, 2.75) is 6.92 Å². The van der Waals surface area contributed by atoms with Crippen molar-refractivity contribution in [2.75, 3.05) is 7.11 Å². The normalized spacial score (nSPS) is 10.6. The second kappa shape index (κ2) is 6.26. The Morgan fingerprint density at radius 2 is 1.87 bits per heavy atom. The minimum absolute atomic E-state index is 0.0288. The first-order chi connectivity index (χ1) is 11.1. The number of fused-ring (bicyclic) bond motifs is 1. The van der Waals surface area contributed by atoms with Gasteiger partial charge in [0, 0.05) is 22.2 Å². The first-order valence-corrected chi connectivity index (χ1v) is 7.37. The lowest BCUT2D eigenvalue weighted by atomic mass is 10.1. The van der Waals surface area contributed by atoms with Crippen LogP contribution < -0.4 is 9.47 Å². The second-order valence-corrected chi connectivity index (χ2v) is 5.43. The van der Waals surface area contributed by atoms with Crippen LogP contribution in [0.2, 0.25) is 5.02 Å². The van der Waals surface area contributed by atoms with E-state index in [4.69, 9.17) is 21.1 Å². The van der Waals surface area contributed by atoms with Gasteiger partial charge in [-0.3, -0.25) is 9.78 Å². The van der Waals surface area contributed by atoms with Crippen molar-refractivity contribution in [1.29, 1.82) is 0 Å². The lowest BCUT2D eigenvalue weighted by Crippen LogP contribution is -1.96. The highest BCUT2D eigenvalue weighted by molar-refractivity contribution is 6.31. The molecule has 0 N–H and O–H groups in total. The van der Waals surface area contributed by atoms with Gasteiger partial charge in [0.05, 0.1) is 12.6 Å². The summed E-state index contributed by atoms with van der Waals surface area (Å²) in [5.41, 5.74) is 1.31. The monoisotopic (exact) mass is 327 g/mol. The average Bonchev–Trinajstić information content (AvgIpc) is 2.55. The van der Waals surface area contributed by atoms with Crippen molar-refractivity contribution in [3.05, 3.63) is 59.2 Å². The van der Waals surface area contributed by atoms with Crippen LogP contribution in [0.3, 0.4) is 0 Å². The molecule has 3 aromatic rings. The van der Waals surface area contributed by atoms with Gasteiger partial charge < -0.3 is 9.47 Å². The van der Waals surface area contributed by atoms with Crippen molar-refractivity contribution in [2.24, 2.45) is 0 Å². The zero-order valence-corrected chi connectivity index (χ0v) is 13.4. The molecule has 4 nitrogen and oxygen atoms in total. The number of pyridine rings is 1. The maximum absolute atomic E-state index is 11.5. The highest BCUT2D eigenvalue weighted by Crippen LogP contribution is 2.35. The Balaban J connectivity index is 2.04. The van der Waals surface area contributed by atoms with Crippen molar-refractivity contribution in [1.82, 2.24) is 4.98 Å². The van der Waals surface area contributed by atoms with E-state index in [0.29, 0.717) is 27.8 Å². The van der Waals surface area contributed by atoms with Crippen molar-refractivity contribution >= 4 is 28.3 Å². The first kappa shape index (κ1) is 15.3. The number of aromatic nitrogens is 1. The summed E-state index contributed by atoms with van der Waals surface area (Å²) in [5, 5.41) is 1.46. The molecule has 0 saturated heterocycles. The summed E-state index contributed by atoms with van der Waals surface area (Å²) in [6.45, 7) is 1.51. The third kappa shape index (κ3) is 3.12. The van der Waals surface area contributed by atoms with Crippen LogP contribution in [0, 0.1) is 0 Å². The van der Waals surface area contributed by atoms with E-state index in [-0.39, 0.29) is 5.78 Å². The molecule has 3 rings (SSSR count). The molecule has 0 unspecified atom stereocenters. The quantitative estimate of drug-likeness (QED) is 0.640. The van der Waals surface area contributed by atoms with Gasteiger partial charge >= 0.3 is 0 Å². The van der Waals surface area contributed by atoms with E-state index in [1.165, 1.54) is 14.0 Å². The average molecular weight is 328 g/mol. The summed E-state index contributed by atoms with van der Waals surface area (Å²) >= 11 is 5.99. The molecule has 1 heterocycles. The van der Waals surface area contributed by atoms with Crippen LogP contribution in [0.4, 0.5) is 0 Å². The van der Waals surface area contributed by atoms with Crippen LogP contribution in [0.15, 0.2) is 48.7 Å². The van der Waals surface area contributed by atoms with E-state index < -0.39 is 0 Å². The minimum atomic E-state index is -0.0288. The summed E-state index contributed by atoms with van der Waals surface area (Å²) in [6, 6.07) is 12.3. The number of ether oxygens (including phenoxy) is 2. The molecular weight excluding hydrogens is 314 g/mol. The van der Waals surface area contributed by atoms with E-state index in [2.05, 4.69) is 4.98 Å². The highest BCUT2D eigenvalue weighted by atomic mass is 35.5. The van der Waals surface area contributed by atoms with E-state index >= 15 is 0 Å². The Morgan fingerprint density at radius 1 is 1.04 bits per heavy atom. The van der Waals surface area contributed by atoms with Gasteiger partial charge in [-0.15, -0.1) is 0 Å². The Hall–Kier alpha value is -2.59. The fourth-order valence-electron chi connectivity index (χ4n) is 2.27. The van der Waals surface area contributed by atoms with Gasteiger partial charge in [0.15, 0.2) is 17.3 Å². The van der Waals surface area contributed by atoms with Crippen LogP contribution in [0.5, 0.6) is 17.2 Å². The summed E-state index contributed by atoms with van der Waals surface area (Å²) < 4.78 is 11.3. The number of hydrogen-bond acceptors (Lipinski definition) is 4. The molecule has 23 heavy (non-hydrogen) atoms. The standard InChI is InChI=1S/C18H14ClNO3/c1-11(21)12-3-6-17(18(9-12)22-2)23-16-7-8-20-15-10-13(19)4-5-14(15)16/h3-10H,1-2H3. The number of Topliss-reactive ketones (excluding diaryl/α,β-unsaturated/α-hetero) is 1. The number of ketones is 1. The molecule has 0 saturated carbocycles. The zero-order valence-electron chi connectivity index (χ0n) is 12.7. The topological polar surface area (TPSA) is 48.4 Å². The first-order valence-electron chi connectivity index (χ1n) is 6.99. The maximum atomic E-state index is 11.5. The number of rotatable bonds is 4. The smallest absolute Gasteiger partial charge is 0.169 e. The molecule has 0 bridgehead atoms. The van der Waals surface area contributed by atoms with Crippen LogP contribution in [-0.2, 0) is 0 Å². The van der Waals surface area contributed by atoms with Crippen molar-refractivity contribution < 1.29 is 14.3 Å². The minimum Gasteiger partial charge on any atom is -0.493 e. The highest BCUT2D eigenvalue weighted by Gasteiger charge is 2.11. The fourth-order valence-corrected chi connectivity index (χ4v) is 2.44. The summed E-state index contributed by atoms with van der Waals surface area (Å²) in [5.74, 6) is 1.64. The number of halogens is 1. The molecule has 0 atom stereocenters. The van der Waals surface area contributed by atoms with Gasteiger partial charge in [0.2, 0.25) is 0 Å². The predicted molar refractivity (Wildman–Crippen MR) is 89.8 cm³/mol. The molecule has 0 aliphatic rings. The van der Waals surface area contributed by atoms with E-state index in [0.717, 1.165) is 10.9 Å². The number of nitrogens with zero attached hydrogens (tertiary/aromatic N) is 1. The van der Waals surface area contributed by atoms with Crippen LogP contribution in [-0.4, -0.2) is 17.9 Å². The Bertz CT molecular complexity index is 893. The third-order valence-electron chi connectivity index (χ3n) is 3.45. The second-order valence-electron chi connectivity index (χ2n) is 4.99. The summed E-state index contributed by atoms with van der Waals surface area (Å²) in [4.78, 5) is 15.8. The Kier molecular flexibility index (Phi) is 4.17. The van der Waals surface area contributed by atoms with Gasteiger partial charge in [0.25, 0.3) is 0 Å². The molecule has 0 spiro atoms. The lowest BCUT2D eigenvalue weighted by Gasteiger charge is -2.12. The molecule has 0 amide bonds. The molecule has 0 aliphatic carbocycles. The fraction of sp³-hybridized carbons (Fsp3) is 0.111. The van der Waals surface area contributed by atoms with Crippen molar-refractivity contribution in [3.63, 3.8) is 0 Å². The molecule has 0 fully saturated rings. The summed E-state index contributed by atoms with van der Waals surface area (Å²) in [6.07, 6.45) is 1.66. The molecule has 1 aromatic heterocycles. The Labute approximate surface area is 138 Å². The molecular formula is C18H14ClNO3. The lowest BCUT2D eigenvalue weighted by molar-refractivity contribution is 0.101. The maximum Gasteiger partial charge on any atom is 0.169 e. The zero-order chi connectivity index (χ0) is 16.4. The SMILES string of the molecule is COc1cc(C(C)=O)ccc1Oc1ccnc2cc(Cl)ccc12. The molecule has 2 aromatic carbocycles. The molecule has 0 aliphatic heterocycles. The molecule has 0 radical (unpaired) electrons. The van der Waals surface area contributed by atoms with Gasteiger partial charge in [-0.1, -0.05) is 11.6 Å². The number of carbonyl (C=O) groups excluding carboxylic acids is 1. The van der Waals surface area contributed by atoms with Crippen molar-refractivity contribution in [3.8, 4) is 17.2 Å². The summed E-state index contributed by atoms with van der Waals surface area (Å²) in [7, 11) is 1.54. The number of benzene rings is 2. The number of methoxy groups -OCH3 is 1. The number of carbonyl (C=O) groups is 1. The third-order valence-corrected chi connectivity index (χ3v) is 3.69. The van der Waals surface area contributed by atoms with Gasteiger partial charge in [0.1, 0.15) is 5.75 Å². The van der Waals surface area contributed by atoms with E-state index in [9.17, 15) is 4.79 Å². The van der Waals surface area contributed by atoms with Gasteiger partial charge in [-0.2, -0.15) is 0 Å². The molecule has 5 heteroatoms. The van der Waals surface area contributed by atoms with Crippen LogP contribution in [0.25, 0.3) is 10.9 Å². The largest absolute Gasteiger partial charge is 0.493 e. The van der Waals surface area contributed by atoms with Crippen LogP contribution >= 0.6 is 11.6 Å². The van der Waals surface area contributed by atoms with Gasteiger partial charge in [-0.05, 0) is 49.4 Å².